The zero-order chi connectivity index (χ0) is 28.0. The maximum absolute atomic E-state index is 12.0. The summed E-state index contributed by atoms with van der Waals surface area (Å²) in [5.74, 6) is -4.94. The predicted octanol–water partition coefficient (Wildman–Crippen LogP) is 2.38. The van der Waals surface area contributed by atoms with E-state index in [0.29, 0.717) is 38.9 Å². The topological polar surface area (TPSA) is 193 Å². The molecule has 0 aliphatic carbocycles. The van der Waals surface area contributed by atoms with Gasteiger partial charge in [-0.25, -0.2) is 0 Å². The zero-order valence-corrected chi connectivity index (χ0v) is 22.8. The monoisotopic (exact) mass is 543 g/mol. The van der Waals surface area contributed by atoms with Gasteiger partial charge < -0.3 is 25.5 Å². The summed E-state index contributed by atoms with van der Waals surface area (Å²) in [7, 11) is -5.09. The SMILES string of the molecule is CCCCCCCC(C(=O)O)C(CCCCCCC)(C(=O)O)S(=O)(=O)O.OCCN(CCO)CCO. The number of nitrogens with zero attached hydrogens (tertiary/aromatic N) is 1. The molecule has 0 fully saturated rings. The van der Waals surface area contributed by atoms with Gasteiger partial charge in [-0.2, -0.15) is 8.42 Å². The number of unbranched alkanes of at least 4 members (excludes halogenated alkanes) is 8. The fourth-order valence-corrected chi connectivity index (χ4v) is 5.31. The van der Waals surface area contributed by atoms with Gasteiger partial charge in [0.2, 0.25) is 4.75 Å². The predicted molar refractivity (Wildman–Crippen MR) is 137 cm³/mol. The van der Waals surface area contributed by atoms with Gasteiger partial charge in [0.05, 0.1) is 25.7 Å². The van der Waals surface area contributed by atoms with Gasteiger partial charge in [0, 0.05) is 19.6 Å². The van der Waals surface area contributed by atoms with E-state index in [-0.39, 0.29) is 32.7 Å². The fraction of sp³-hybridized carbons (Fsp3) is 0.917. The first kappa shape index (κ1) is 36.8. The number of aliphatic hydroxyl groups is 3. The van der Waals surface area contributed by atoms with Crippen LogP contribution in [0.5, 0.6) is 0 Å². The van der Waals surface area contributed by atoms with E-state index < -0.39 is 39.1 Å². The number of carbonyl (C=O) groups is 2. The minimum Gasteiger partial charge on any atom is -0.481 e. The molecule has 0 bridgehead atoms. The van der Waals surface area contributed by atoms with Gasteiger partial charge in [0.25, 0.3) is 10.1 Å². The van der Waals surface area contributed by atoms with E-state index in [1.165, 1.54) is 0 Å². The van der Waals surface area contributed by atoms with Crippen LogP contribution in [0.3, 0.4) is 0 Å². The quantitative estimate of drug-likeness (QED) is 0.0867. The third-order valence-electron chi connectivity index (χ3n) is 6.18. The summed E-state index contributed by atoms with van der Waals surface area (Å²) < 4.78 is 31.0. The van der Waals surface area contributed by atoms with Crippen molar-refractivity contribution in [3.8, 4) is 0 Å². The number of hydrogen-bond acceptors (Lipinski definition) is 8. The first-order chi connectivity index (χ1) is 17.0. The first-order valence-electron chi connectivity index (χ1n) is 13.0. The molecule has 0 aliphatic heterocycles. The van der Waals surface area contributed by atoms with Gasteiger partial charge >= 0.3 is 11.9 Å². The van der Waals surface area contributed by atoms with Crippen molar-refractivity contribution in [2.45, 2.75) is 95.6 Å². The number of aliphatic hydroxyl groups excluding tert-OH is 3. The zero-order valence-electron chi connectivity index (χ0n) is 22.0. The average molecular weight is 544 g/mol. The third kappa shape index (κ3) is 14.4. The molecule has 0 aromatic heterocycles. The highest BCUT2D eigenvalue weighted by Gasteiger charge is 2.58. The van der Waals surface area contributed by atoms with Crippen LogP contribution in [-0.4, -0.2) is 99.5 Å². The lowest BCUT2D eigenvalue weighted by Crippen LogP contribution is -2.55. The lowest BCUT2D eigenvalue weighted by Gasteiger charge is -2.32. The molecule has 0 saturated carbocycles. The molecule has 2 unspecified atom stereocenters. The molecule has 216 valence electrons. The summed E-state index contributed by atoms with van der Waals surface area (Å²) in [6.45, 7) is 5.80. The van der Waals surface area contributed by atoms with Gasteiger partial charge in [-0.15, -0.1) is 0 Å². The molecule has 0 spiro atoms. The second-order valence-electron chi connectivity index (χ2n) is 8.94. The molecule has 0 saturated heterocycles. The maximum atomic E-state index is 12.0. The van der Waals surface area contributed by atoms with Crippen molar-refractivity contribution < 1.29 is 48.1 Å². The van der Waals surface area contributed by atoms with Crippen LogP contribution in [0.25, 0.3) is 0 Å². The van der Waals surface area contributed by atoms with Gasteiger partial charge in [-0.05, 0) is 12.8 Å². The van der Waals surface area contributed by atoms with Crippen LogP contribution in [0, 0.1) is 5.92 Å². The molecule has 0 radical (unpaired) electrons. The van der Waals surface area contributed by atoms with Crippen molar-refractivity contribution in [2.24, 2.45) is 5.92 Å². The molecule has 0 aromatic rings. The number of aliphatic carboxylic acids is 2. The van der Waals surface area contributed by atoms with E-state index in [2.05, 4.69) is 0 Å². The highest BCUT2D eigenvalue weighted by atomic mass is 32.2. The standard InChI is InChI=1S/C18H34O7S.C6H15NO3/c1-3-5-7-9-11-13-15(16(19)20)18(17(21)22,26(23,24)25)14-12-10-8-6-4-2;8-4-1-7(2-5-9)3-6-10/h15H,3-14H2,1-2H3,(H,19,20)(H,21,22)(H,23,24,25);8-10H,1-6H2. The number of rotatable bonds is 22. The average Bonchev–Trinajstić information content (AvgIpc) is 2.79. The molecule has 0 aliphatic rings. The summed E-state index contributed by atoms with van der Waals surface area (Å²) in [4.78, 5) is 25.4. The lowest BCUT2D eigenvalue weighted by atomic mass is 9.82. The molecular formula is C24H49NO10S. The molecule has 11 nitrogen and oxygen atoms in total. The fourth-order valence-electron chi connectivity index (χ4n) is 4.11. The van der Waals surface area contributed by atoms with E-state index in [9.17, 15) is 32.8 Å². The Morgan fingerprint density at radius 3 is 1.50 bits per heavy atom. The maximum Gasteiger partial charge on any atom is 0.328 e. The van der Waals surface area contributed by atoms with Crippen LogP contribution in [0.2, 0.25) is 0 Å². The molecule has 36 heavy (non-hydrogen) atoms. The van der Waals surface area contributed by atoms with Crippen molar-refractivity contribution in [1.82, 2.24) is 4.90 Å². The van der Waals surface area contributed by atoms with Crippen molar-refractivity contribution in [3.63, 3.8) is 0 Å². The Bertz CT molecular complexity index is 660. The van der Waals surface area contributed by atoms with Crippen molar-refractivity contribution in [1.29, 1.82) is 0 Å². The van der Waals surface area contributed by atoms with Crippen LogP contribution in [0.4, 0.5) is 0 Å². The Labute approximate surface area is 216 Å². The summed E-state index contributed by atoms with van der Waals surface area (Å²) in [5, 5.41) is 44.6. The van der Waals surface area contributed by atoms with Crippen LogP contribution in [-0.2, 0) is 19.7 Å². The van der Waals surface area contributed by atoms with E-state index in [0.717, 1.165) is 38.5 Å². The van der Waals surface area contributed by atoms with Crippen molar-refractivity contribution >= 4 is 22.1 Å². The normalized spacial score (nSPS) is 14.1. The lowest BCUT2D eigenvalue weighted by molar-refractivity contribution is -0.152. The smallest absolute Gasteiger partial charge is 0.328 e. The Balaban J connectivity index is 0. The molecular weight excluding hydrogens is 494 g/mol. The van der Waals surface area contributed by atoms with Gasteiger partial charge in [0.1, 0.15) is 0 Å². The number of carboxylic acids is 2. The second kappa shape index (κ2) is 21.7. The van der Waals surface area contributed by atoms with Crippen molar-refractivity contribution in [3.05, 3.63) is 0 Å². The number of carboxylic acid groups (broad SMARTS) is 2. The summed E-state index contributed by atoms with van der Waals surface area (Å²) in [6.07, 6.45) is 7.07. The highest BCUT2D eigenvalue weighted by Crippen LogP contribution is 2.36. The van der Waals surface area contributed by atoms with Gasteiger partial charge in [-0.3, -0.25) is 19.0 Å². The minimum absolute atomic E-state index is 0.0694. The molecule has 6 N–H and O–H groups in total. The highest BCUT2D eigenvalue weighted by molar-refractivity contribution is 7.88. The van der Waals surface area contributed by atoms with Crippen LogP contribution < -0.4 is 0 Å². The van der Waals surface area contributed by atoms with Gasteiger partial charge in [-0.1, -0.05) is 78.1 Å². The number of hydrogen-bond donors (Lipinski definition) is 6. The Kier molecular flexibility index (Phi) is 22.3. The first-order valence-corrected chi connectivity index (χ1v) is 14.4. The minimum atomic E-state index is -5.09. The molecule has 0 aromatic carbocycles. The van der Waals surface area contributed by atoms with Crippen LogP contribution >= 0.6 is 0 Å². The molecule has 0 rings (SSSR count). The molecule has 0 amide bonds. The summed E-state index contributed by atoms with van der Waals surface area (Å²) in [5.41, 5.74) is 0. The Hall–Kier alpha value is -1.31. The Morgan fingerprint density at radius 1 is 0.750 bits per heavy atom. The van der Waals surface area contributed by atoms with Crippen LogP contribution in [0.15, 0.2) is 0 Å². The molecule has 0 heterocycles. The van der Waals surface area contributed by atoms with Crippen molar-refractivity contribution in [2.75, 3.05) is 39.5 Å². The van der Waals surface area contributed by atoms with E-state index >= 15 is 0 Å². The molecule has 2 atom stereocenters. The van der Waals surface area contributed by atoms with Crippen LogP contribution in [0.1, 0.15) is 90.9 Å². The van der Waals surface area contributed by atoms with E-state index in [1.54, 1.807) is 4.90 Å². The summed E-state index contributed by atoms with van der Waals surface area (Å²) >= 11 is 0. The summed E-state index contributed by atoms with van der Waals surface area (Å²) in [6, 6.07) is 0. The molecule has 12 heteroatoms. The van der Waals surface area contributed by atoms with E-state index in [4.69, 9.17) is 15.3 Å². The van der Waals surface area contributed by atoms with E-state index in [1.807, 2.05) is 13.8 Å². The Morgan fingerprint density at radius 2 is 1.17 bits per heavy atom. The largest absolute Gasteiger partial charge is 0.481 e. The second-order valence-corrected chi connectivity index (χ2v) is 10.6. The van der Waals surface area contributed by atoms with Gasteiger partial charge in [0.15, 0.2) is 0 Å². The third-order valence-corrected chi connectivity index (χ3v) is 7.76.